The van der Waals surface area contributed by atoms with E-state index in [0.29, 0.717) is 23.5 Å². The third-order valence-corrected chi connectivity index (χ3v) is 6.22. The predicted molar refractivity (Wildman–Crippen MR) is 108 cm³/mol. The van der Waals surface area contributed by atoms with Crippen molar-refractivity contribution in [2.45, 2.75) is 44.2 Å². The minimum absolute atomic E-state index is 0.599. The number of hydrogen-bond donors (Lipinski definition) is 0. The molecule has 2 fully saturated rings. The summed E-state index contributed by atoms with van der Waals surface area (Å²) in [5, 5.41) is 8.93. The van der Waals surface area contributed by atoms with Crippen LogP contribution in [0.5, 0.6) is 0 Å². The minimum atomic E-state index is 0.599. The summed E-state index contributed by atoms with van der Waals surface area (Å²) in [5.74, 6) is 2.30. The number of allylic oxidation sites excluding steroid dienone is 4. The van der Waals surface area contributed by atoms with Crippen LogP contribution in [0.25, 0.3) is 5.76 Å². The molecule has 1 aromatic rings. The Kier molecular flexibility index (Phi) is 4.64. The second-order valence-corrected chi connectivity index (χ2v) is 7.95. The summed E-state index contributed by atoms with van der Waals surface area (Å²) in [6, 6.07) is 5.27. The average molecular weight is 378 g/mol. The van der Waals surface area contributed by atoms with Crippen LogP contribution < -0.4 is 4.90 Å². The van der Waals surface area contributed by atoms with Gasteiger partial charge in [-0.25, -0.2) is 0 Å². The summed E-state index contributed by atoms with van der Waals surface area (Å²) in [6.07, 6.45) is 15.4. The number of piperidine rings is 1. The molecule has 146 valence electrons. The highest BCUT2D eigenvalue weighted by Gasteiger charge is 2.35. The maximum absolute atomic E-state index is 6.04. The lowest BCUT2D eigenvalue weighted by molar-refractivity contribution is 0.0946. The fourth-order valence-electron chi connectivity index (χ4n) is 4.52. The van der Waals surface area contributed by atoms with E-state index in [4.69, 9.17) is 9.47 Å². The number of likely N-dealkylation sites (N-methyl/N-ethyl adjacent to an activating group) is 1. The molecule has 2 atom stereocenters. The number of aromatic nitrogens is 2. The van der Waals surface area contributed by atoms with Gasteiger partial charge < -0.3 is 14.4 Å². The first-order chi connectivity index (χ1) is 13.8. The predicted octanol–water partition coefficient (Wildman–Crippen LogP) is 3.61. The van der Waals surface area contributed by atoms with Crippen LogP contribution in [0.4, 0.5) is 5.82 Å². The van der Waals surface area contributed by atoms with Gasteiger partial charge in [-0.2, -0.15) is 0 Å². The second-order valence-electron chi connectivity index (χ2n) is 7.95. The average Bonchev–Trinajstić information content (AvgIpc) is 2.74. The van der Waals surface area contributed by atoms with Crippen molar-refractivity contribution >= 4 is 11.6 Å². The number of rotatable bonds is 3. The Morgan fingerprint density at radius 2 is 1.86 bits per heavy atom. The highest BCUT2D eigenvalue weighted by molar-refractivity contribution is 5.59. The molecule has 0 spiro atoms. The highest BCUT2D eigenvalue weighted by atomic mass is 16.5. The van der Waals surface area contributed by atoms with E-state index in [1.165, 1.54) is 19.3 Å². The molecule has 1 aromatic heterocycles. The van der Waals surface area contributed by atoms with Crippen molar-refractivity contribution in [2.75, 3.05) is 25.0 Å². The Bertz CT molecular complexity index is 842. The van der Waals surface area contributed by atoms with E-state index in [9.17, 15) is 0 Å². The molecule has 5 rings (SSSR count). The van der Waals surface area contributed by atoms with E-state index in [2.05, 4.69) is 45.3 Å². The Morgan fingerprint density at radius 1 is 1.04 bits per heavy atom. The molecule has 2 bridgehead atoms. The number of anilines is 1. The molecule has 0 amide bonds. The molecule has 0 N–H and O–H groups in total. The number of fused-ring (bicyclic) bond motifs is 2. The summed E-state index contributed by atoms with van der Waals surface area (Å²) in [7, 11) is 2.26. The van der Waals surface area contributed by atoms with Crippen molar-refractivity contribution in [3.8, 4) is 0 Å². The van der Waals surface area contributed by atoms with Gasteiger partial charge >= 0.3 is 0 Å². The minimum Gasteiger partial charge on any atom is -0.465 e. The topological polar surface area (TPSA) is 50.7 Å². The third-order valence-electron chi connectivity index (χ3n) is 6.22. The van der Waals surface area contributed by atoms with Crippen LogP contribution >= 0.6 is 0 Å². The van der Waals surface area contributed by atoms with E-state index in [1.807, 2.05) is 12.1 Å². The highest BCUT2D eigenvalue weighted by Crippen LogP contribution is 2.31. The summed E-state index contributed by atoms with van der Waals surface area (Å²) in [5.41, 5.74) is 1.83. The van der Waals surface area contributed by atoms with Crippen molar-refractivity contribution in [3.05, 3.63) is 59.9 Å². The Hall–Kier alpha value is -2.60. The normalized spacial score (nSPS) is 27.3. The van der Waals surface area contributed by atoms with Crippen LogP contribution in [-0.4, -0.2) is 47.3 Å². The van der Waals surface area contributed by atoms with Crippen LogP contribution in [0.15, 0.2) is 54.2 Å². The zero-order chi connectivity index (χ0) is 18.9. The first-order valence-corrected chi connectivity index (χ1v) is 10.2. The van der Waals surface area contributed by atoms with Gasteiger partial charge in [0.05, 0.1) is 0 Å². The van der Waals surface area contributed by atoms with Crippen molar-refractivity contribution in [2.24, 2.45) is 0 Å². The standard InChI is InChI=1S/C22H26N4O2/c1-25-17-8-5-9-18(25)13-26(12-17)22-11-10-19(23-24-22)21-15-27-14-20(28-21)16-6-3-2-4-7-16/h2-3,6,10-11,14-15,17-18H,4-5,7-9,12-13H2,1H3. The van der Waals surface area contributed by atoms with Gasteiger partial charge in [-0.1, -0.05) is 24.6 Å². The Balaban J connectivity index is 1.28. The maximum Gasteiger partial charge on any atom is 0.190 e. The van der Waals surface area contributed by atoms with Crippen molar-refractivity contribution in [1.82, 2.24) is 15.1 Å². The molecule has 0 aromatic carbocycles. The molecule has 3 aliphatic heterocycles. The van der Waals surface area contributed by atoms with Gasteiger partial charge in [0.25, 0.3) is 0 Å². The molecule has 2 saturated heterocycles. The number of ether oxygens (including phenoxy) is 2. The second kappa shape index (κ2) is 7.43. The molecular weight excluding hydrogens is 352 g/mol. The quantitative estimate of drug-likeness (QED) is 0.801. The van der Waals surface area contributed by atoms with Crippen molar-refractivity contribution < 1.29 is 9.47 Å². The molecule has 4 aliphatic rings. The van der Waals surface area contributed by atoms with Gasteiger partial charge in [-0.05, 0) is 50.4 Å². The smallest absolute Gasteiger partial charge is 0.190 e. The maximum atomic E-state index is 6.04. The molecule has 0 saturated carbocycles. The first-order valence-electron chi connectivity index (χ1n) is 10.2. The lowest BCUT2D eigenvalue weighted by Gasteiger charge is -2.48. The van der Waals surface area contributed by atoms with Gasteiger partial charge in [0.15, 0.2) is 17.3 Å². The number of nitrogens with zero attached hydrogens (tertiary/aromatic N) is 4. The zero-order valence-corrected chi connectivity index (χ0v) is 16.3. The molecular formula is C22H26N4O2. The van der Waals surface area contributed by atoms with E-state index in [1.54, 1.807) is 12.5 Å². The third kappa shape index (κ3) is 3.33. The van der Waals surface area contributed by atoms with Crippen LogP contribution in [0.1, 0.15) is 37.8 Å². The van der Waals surface area contributed by atoms with E-state index in [-0.39, 0.29) is 0 Å². The summed E-state index contributed by atoms with van der Waals surface area (Å²) in [6.45, 7) is 2.05. The molecule has 0 radical (unpaired) electrons. The van der Waals surface area contributed by atoms with Gasteiger partial charge in [0.2, 0.25) is 0 Å². The Labute approximate surface area is 165 Å². The fourth-order valence-corrected chi connectivity index (χ4v) is 4.52. The SMILES string of the molecule is CN1C2CCCC1CN(c1ccc(C3=COC=C(C4=CC=CCC4)O3)nn1)C2. The van der Waals surface area contributed by atoms with E-state index < -0.39 is 0 Å². The number of piperazine rings is 1. The lowest BCUT2D eigenvalue weighted by atomic mass is 9.92. The molecule has 6 nitrogen and oxygen atoms in total. The largest absolute Gasteiger partial charge is 0.465 e. The monoisotopic (exact) mass is 378 g/mol. The summed E-state index contributed by atoms with van der Waals surface area (Å²) >= 11 is 0. The molecule has 2 unspecified atom stereocenters. The van der Waals surface area contributed by atoms with Gasteiger partial charge in [-0.15, -0.1) is 10.2 Å². The molecule has 1 aliphatic carbocycles. The molecule has 28 heavy (non-hydrogen) atoms. The van der Waals surface area contributed by atoms with Crippen LogP contribution in [0, 0.1) is 0 Å². The summed E-state index contributed by atoms with van der Waals surface area (Å²) < 4.78 is 11.6. The summed E-state index contributed by atoms with van der Waals surface area (Å²) in [4.78, 5) is 4.92. The van der Waals surface area contributed by atoms with E-state index in [0.717, 1.165) is 43.1 Å². The van der Waals surface area contributed by atoms with Gasteiger partial charge in [0.1, 0.15) is 18.2 Å². The van der Waals surface area contributed by atoms with Gasteiger partial charge in [0, 0.05) is 25.2 Å². The molecule has 6 heteroatoms. The van der Waals surface area contributed by atoms with Crippen LogP contribution in [0.3, 0.4) is 0 Å². The number of hydrogen-bond acceptors (Lipinski definition) is 6. The van der Waals surface area contributed by atoms with E-state index >= 15 is 0 Å². The van der Waals surface area contributed by atoms with Crippen molar-refractivity contribution in [1.29, 1.82) is 0 Å². The fraction of sp³-hybridized carbons (Fsp3) is 0.455. The Morgan fingerprint density at radius 3 is 2.57 bits per heavy atom. The van der Waals surface area contributed by atoms with Crippen LogP contribution in [-0.2, 0) is 9.47 Å². The molecule has 4 heterocycles. The zero-order valence-electron chi connectivity index (χ0n) is 16.3. The van der Waals surface area contributed by atoms with Crippen LogP contribution in [0.2, 0.25) is 0 Å². The lowest BCUT2D eigenvalue weighted by Crippen LogP contribution is -2.59. The van der Waals surface area contributed by atoms with Gasteiger partial charge in [-0.3, -0.25) is 4.90 Å². The van der Waals surface area contributed by atoms with Crippen molar-refractivity contribution in [3.63, 3.8) is 0 Å². The first kappa shape index (κ1) is 17.5.